The van der Waals surface area contributed by atoms with Gasteiger partial charge in [0, 0.05) is 16.6 Å². The van der Waals surface area contributed by atoms with Crippen LogP contribution in [0.15, 0.2) is 24.5 Å². The highest BCUT2D eigenvalue weighted by molar-refractivity contribution is 7.16. The molecule has 0 fully saturated rings. The van der Waals surface area contributed by atoms with Crippen LogP contribution in [0.25, 0.3) is 0 Å². The molecule has 74 valence electrons. The lowest BCUT2D eigenvalue weighted by atomic mass is 10.1. The summed E-state index contributed by atoms with van der Waals surface area (Å²) < 4.78 is 0.809. The van der Waals surface area contributed by atoms with Crippen molar-refractivity contribution in [3.8, 4) is 0 Å². The minimum atomic E-state index is 0.172. The summed E-state index contributed by atoms with van der Waals surface area (Å²) in [4.78, 5) is 1.19. The minimum Gasteiger partial charge on any atom is -0.309 e. The quantitative estimate of drug-likeness (QED) is 0.846. The van der Waals surface area contributed by atoms with E-state index in [1.54, 1.807) is 11.3 Å². The maximum atomic E-state index is 5.89. The van der Waals surface area contributed by atoms with E-state index in [0.29, 0.717) is 0 Å². The fourth-order valence-electron chi connectivity index (χ4n) is 1.38. The summed E-state index contributed by atoms with van der Waals surface area (Å²) in [6.45, 7) is 0. The van der Waals surface area contributed by atoms with Gasteiger partial charge in [-0.25, -0.2) is 0 Å². The molecule has 0 bridgehead atoms. The molecule has 0 aliphatic carbocycles. The molecule has 0 amide bonds. The van der Waals surface area contributed by atoms with Crippen LogP contribution >= 0.6 is 22.9 Å². The van der Waals surface area contributed by atoms with Gasteiger partial charge in [0.05, 0.1) is 16.6 Å². The number of thiophene rings is 1. The molecule has 0 saturated carbocycles. The van der Waals surface area contributed by atoms with Gasteiger partial charge in [0.2, 0.25) is 0 Å². The first-order valence-electron chi connectivity index (χ1n) is 4.22. The predicted molar refractivity (Wildman–Crippen MR) is 58.8 cm³/mol. The van der Waals surface area contributed by atoms with Crippen LogP contribution in [-0.4, -0.2) is 17.2 Å². The Hall–Kier alpha value is -0.840. The highest BCUT2D eigenvalue weighted by Gasteiger charge is 2.14. The van der Waals surface area contributed by atoms with Gasteiger partial charge in [-0.05, 0) is 19.2 Å². The molecule has 0 saturated heterocycles. The number of aromatic amines is 1. The van der Waals surface area contributed by atoms with E-state index < -0.39 is 0 Å². The van der Waals surface area contributed by atoms with E-state index in [-0.39, 0.29) is 6.04 Å². The number of hydrogen-bond donors (Lipinski definition) is 2. The van der Waals surface area contributed by atoms with Crippen molar-refractivity contribution in [2.45, 2.75) is 6.04 Å². The number of rotatable bonds is 3. The summed E-state index contributed by atoms with van der Waals surface area (Å²) >= 11 is 7.47. The van der Waals surface area contributed by atoms with E-state index in [1.165, 1.54) is 4.88 Å². The molecule has 1 unspecified atom stereocenters. The van der Waals surface area contributed by atoms with Crippen LogP contribution in [0.4, 0.5) is 0 Å². The SMILES string of the molecule is CNC(c1cn[nH]c1)c1ccc(Cl)s1. The van der Waals surface area contributed by atoms with Gasteiger partial charge in [-0.1, -0.05) is 11.6 Å². The summed E-state index contributed by atoms with van der Waals surface area (Å²) in [5.74, 6) is 0. The minimum absolute atomic E-state index is 0.172. The van der Waals surface area contributed by atoms with Gasteiger partial charge in [-0.3, -0.25) is 5.10 Å². The standard InChI is InChI=1S/C9H10ClN3S/c1-11-9(6-4-12-13-5-6)7-2-3-8(10)14-7/h2-5,9,11H,1H3,(H,12,13). The Morgan fingerprint density at radius 1 is 1.57 bits per heavy atom. The van der Waals surface area contributed by atoms with Crippen molar-refractivity contribution >= 4 is 22.9 Å². The molecular formula is C9H10ClN3S. The first kappa shape index (κ1) is 9.71. The van der Waals surface area contributed by atoms with Crippen molar-refractivity contribution in [2.75, 3.05) is 7.05 Å². The molecule has 0 aliphatic rings. The fraction of sp³-hybridized carbons (Fsp3) is 0.222. The van der Waals surface area contributed by atoms with Crippen LogP contribution < -0.4 is 5.32 Å². The molecule has 2 rings (SSSR count). The highest BCUT2D eigenvalue weighted by atomic mass is 35.5. The van der Waals surface area contributed by atoms with Crippen molar-refractivity contribution in [3.05, 3.63) is 39.3 Å². The maximum absolute atomic E-state index is 5.89. The van der Waals surface area contributed by atoms with E-state index in [4.69, 9.17) is 11.6 Å². The second-order valence-corrected chi connectivity index (χ2v) is 4.64. The molecule has 2 N–H and O–H groups in total. The summed E-state index contributed by atoms with van der Waals surface area (Å²) in [6.07, 6.45) is 3.70. The molecule has 3 nitrogen and oxygen atoms in total. The van der Waals surface area contributed by atoms with Crippen LogP contribution in [0.2, 0.25) is 4.34 Å². The van der Waals surface area contributed by atoms with E-state index in [1.807, 2.05) is 31.6 Å². The third-order valence-electron chi connectivity index (χ3n) is 2.02. The van der Waals surface area contributed by atoms with Crippen LogP contribution in [0.1, 0.15) is 16.5 Å². The van der Waals surface area contributed by atoms with Gasteiger partial charge in [-0.2, -0.15) is 5.10 Å². The lowest BCUT2D eigenvalue weighted by Gasteiger charge is -2.11. The molecular weight excluding hydrogens is 218 g/mol. The summed E-state index contributed by atoms with van der Waals surface area (Å²) in [5, 5.41) is 9.96. The van der Waals surface area contributed by atoms with E-state index in [9.17, 15) is 0 Å². The topological polar surface area (TPSA) is 40.7 Å². The van der Waals surface area contributed by atoms with Gasteiger partial charge in [0.25, 0.3) is 0 Å². The monoisotopic (exact) mass is 227 g/mol. The van der Waals surface area contributed by atoms with Crippen LogP contribution in [-0.2, 0) is 0 Å². The smallest absolute Gasteiger partial charge is 0.0931 e. The predicted octanol–water partition coefficient (Wildman–Crippen LogP) is 2.43. The Bertz CT molecular complexity index is 396. The second kappa shape index (κ2) is 4.13. The lowest BCUT2D eigenvalue weighted by Crippen LogP contribution is -2.15. The largest absolute Gasteiger partial charge is 0.309 e. The van der Waals surface area contributed by atoms with Crippen molar-refractivity contribution < 1.29 is 0 Å². The zero-order valence-corrected chi connectivity index (χ0v) is 9.19. The Kier molecular flexibility index (Phi) is 2.86. The van der Waals surface area contributed by atoms with E-state index >= 15 is 0 Å². The van der Waals surface area contributed by atoms with Gasteiger partial charge < -0.3 is 5.32 Å². The average Bonchev–Trinajstić information content (AvgIpc) is 2.79. The van der Waals surface area contributed by atoms with E-state index in [0.717, 1.165) is 9.90 Å². The average molecular weight is 228 g/mol. The molecule has 5 heteroatoms. The van der Waals surface area contributed by atoms with Crippen molar-refractivity contribution in [3.63, 3.8) is 0 Å². The van der Waals surface area contributed by atoms with Crippen molar-refractivity contribution in [1.29, 1.82) is 0 Å². The highest BCUT2D eigenvalue weighted by Crippen LogP contribution is 2.30. The molecule has 2 aromatic heterocycles. The van der Waals surface area contributed by atoms with Crippen LogP contribution in [0, 0.1) is 0 Å². The van der Waals surface area contributed by atoms with Gasteiger partial charge in [-0.15, -0.1) is 11.3 Å². The molecule has 2 heterocycles. The molecule has 2 aromatic rings. The molecule has 14 heavy (non-hydrogen) atoms. The number of nitrogens with one attached hydrogen (secondary N) is 2. The Balaban J connectivity index is 2.31. The van der Waals surface area contributed by atoms with Crippen LogP contribution in [0.3, 0.4) is 0 Å². The summed E-state index contributed by atoms with van der Waals surface area (Å²) in [6, 6.07) is 4.11. The van der Waals surface area contributed by atoms with E-state index in [2.05, 4.69) is 15.5 Å². The number of aromatic nitrogens is 2. The molecule has 0 radical (unpaired) electrons. The Morgan fingerprint density at radius 3 is 2.93 bits per heavy atom. The lowest BCUT2D eigenvalue weighted by molar-refractivity contribution is 0.704. The number of H-pyrrole nitrogens is 1. The number of halogens is 1. The molecule has 1 atom stereocenters. The van der Waals surface area contributed by atoms with Crippen molar-refractivity contribution in [2.24, 2.45) is 0 Å². The number of nitrogens with zero attached hydrogens (tertiary/aromatic N) is 1. The maximum Gasteiger partial charge on any atom is 0.0931 e. The normalized spacial score (nSPS) is 13.0. The third-order valence-corrected chi connectivity index (χ3v) is 3.32. The van der Waals surface area contributed by atoms with Gasteiger partial charge in [0.15, 0.2) is 0 Å². The van der Waals surface area contributed by atoms with Gasteiger partial charge in [0.1, 0.15) is 0 Å². The molecule has 0 aliphatic heterocycles. The third kappa shape index (κ3) is 1.82. The summed E-state index contributed by atoms with van der Waals surface area (Å²) in [7, 11) is 1.92. The van der Waals surface area contributed by atoms with Crippen molar-refractivity contribution in [1.82, 2.24) is 15.5 Å². The van der Waals surface area contributed by atoms with Crippen LogP contribution in [0.5, 0.6) is 0 Å². The molecule has 0 spiro atoms. The zero-order chi connectivity index (χ0) is 9.97. The second-order valence-electron chi connectivity index (χ2n) is 2.90. The first-order chi connectivity index (χ1) is 6.81. The van der Waals surface area contributed by atoms with Gasteiger partial charge >= 0.3 is 0 Å². The molecule has 0 aromatic carbocycles. The Morgan fingerprint density at radius 2 is 2.43 bits per heavy atom. The Labute approximate surface area is 91.1 Å². The zero-order valence-electron chi connectivity index (χ0n) is 7.62. The fourth-order valence-corrected chi connectivity index (χ4v) is 2.57. The number of hydrogen-bond acceptors (Lipinski definition) is 3. The first-order valence-corrected chi connectivity index (χ1v) is 5.42. The summed E-state index contributed by atoms with van der Waals surface area (Å²) in [5.41, 5.74) is 1.12.